The molecule has 0 heterocycles. The first-order chi connectivity index (χ1) is 29.3. The second-order valence-electron chi connectivity index (χ2n) is 15.7. The first-order valence-electron chi connectivity index (χ1n) is 22.5. The summed E-state index contributed by atoms with van der Waals surface area (Å²) < 4.78 is 0. The summed E-state index contributed by atoms with van der Waals surface area (Å²) in [6.45, 7) is 21.2. The smallest absolute Gasteiger partial charge is 0.00253 e. The fourth-order valence-electron chi connectivity index (χ4n) is 8.40. The molecule has 0 amide bonds. The number of rotatable bonds is 8. The number of allylic oxidation sites excluding steroid dienone is 1. The fourth-order valence-corrected chi connectivity index (χ4v) is 8.40. The Morgan fingerprint density at radius 3 is 1.93 bits per heavy atom. The lowest BCUT2D eigenvalue weighted by molar-refractivity contribution is 0.919. The number of benzene rings is 8. The monoisotopic (exact) mass is 785 g/mol. The molecule has 0 saturated carbocycles. The van der Waals surface area contributed by atoms with Crippen LogP contribution in [0.5, 0.6) is 0 Å². The molecule has 1 aliphatic carbocycles. The van der Waals surface area contributed by atoms with Crippen LogP contribution in [0.1, 0.15) is 110 Å². The van der Waals surface area contributed by atoms with E-state index in [1.54, 1.807) is 0 Å². The Hall–Kier alpha value is -5.98. The van der Waals surface area contributed by atoms with E-state index < -0.39 is 0 Å². The van der Waals surface area contributed by atoms with Crippen LogP contribution < -0.4 is 0 Å². The minimum atomic E-state index is 0.946. The van der Waals surface area contributed by atoms with E-state index >= 15 is 0 Å². The molecule has 0 N–H and O–H groups in total. The molecular weight excluding hydrogens is 721 g/mol. The maximum atomic E-state index is 4.43. The second kappa shape index (κ2) is 20.8. The topological polar surface area (TPSA) is 0 Å². The van der Waals surface area contributed by atoms with E-state index in [2.05, 4.69) is 192 Å². The average molecular weight is 785 g/mol. The zero-order chi connectivity index (χ0) is 42.6. The van der Waals surface area contributed by atoms with Gasteiger partial charge in [0.05, 0.1) is 0 Å². The third kappa shape index (κ3) is 10.2. The highest BCUT2D eigenvalue weighted by Gasteiger charge is 2.12. The average Bonchev–Trinajstić information content (AvgIpc) is 3.29. The van der Waals surface area contributed by atoms with E-state index in [0.29, 0.717) is 0 Å². The summed E-state index contributed by atoms with van der Waals surface area (Å²) in [4.78, 5) is 0. The molecule has 0 nitrogen and oxygen atoms in total. The van der Waals surface area contributed by atoms with E-state index in [1.807, 2.05) is 27.7 Å². The molecule has 8 aromatic rings. The molecule has 304 valence electrons. The highest BCUT2D eigenvalue weighted by Crippen LogP contribution is 2.34. The van der Waals surface area contributed by atoms with Crippen LogP contribution in [0.25, 0.3) is 55.1 Å². The van der Waals surface area contributed by atoms with Gasteiger partial charge in [-0.15, -0.1) is 0 Å². The Morgan fingerprint density at radius 1 is 0.567 bits per heavy atom. The van der Waals surface area contributed by atoms with Crippen molar-refractivity contribution in [3.63, 3.8) is 0 Å². The second-order valence-corrected chi connectivity index (χ2v) is 15.7. The van der Waals surface area contributed by atoms with Gasteiger partial charge in [0.2, 0.25) is 0 Å². The van der Waals surface area contributed by atoms with Crippen molar-refractivity contribution in [2.45, 2.75) is 93.9 Å². The Morgan fingerprint density at radius 2 is 1.22 bits per heavy atom. The first kappa shape index (κ1) is 43.6. The Labute approximate surface area is 361 Å². The van der Waals surface area contributed by atoms with Gasteiger partial charge >= 0.3 is 0 Å². The predicted octanol–water partition coefficient (Wildman–Crippen LogP) is 17.3. The van der Waals surface area contributed by atoms with E-state index in [-0.39, 0.29) is 0 Å². The standard InChI is InChI=1S/C32H26.C24H26.2C2H6/c1-22-9-12-26-13-10-23(19-30(26)17-22)18-24-11-14-27-7-4-8-31(32(27)20-24)29-16-15-25-5-2-3-6-28(25)21-29;1-5-7-19-9-11-20(6-2)24(15-19)18(4)22-13-12-21-10-8-17(3)14-23(21)16-22;2*1-2/h3-4,6-17,19-21H,2,5,18H2,1H3;8-16H,4-7H2,1-3H3;2*1-2H3. The van der Waals surface area contributed by atoms with Gasteiger partial charge in [-0.2, -0.15) is 0 Å². The Bertz CT molecular complexity index is 2750. The van der Waals surface area contributed by atoms with E-state index in [9.17, 15) is 0 Å². The van der Waals surface area contributed by atoms with Crippen molar-refractivity contribution in [3.05, 3.63) is 214 Å². The summed E-state index contributed by atoms with van der Waals surface area (Å²) >= 11 is 0. The molecule has 0 unspecified atom stereocenters. The van der Waals surface area contributed by atoms with Gasteiger partial charge in [-0.3, -0.25) is 0 Å². The molecule has 0 bridgehead atoms. The molecule has 0 radical (unpaired) electrons. The van der Waals surface area contributed by atoms with Crippen LogP contribution >= 0.6 is 0 Å². The molecule has 0 heteroatoms. The molecule has 0 atom stereocenters. The number of aryl methyl sites for hydroxylation is 5. The molecule has 9 rings (SSSR count). The van der Waals surface area contributed by atoms with Gasteiger partial charge in [-0.1, -0.05) is 211 Å². The number of fused-ring (bicyclic) bond motifs is 4. The lowest BCUT2D eigenvalue weighted by Crippen LogP contribution is -1.96. The molecule has 1 aliphatic rings. The SMILES string of the molecule is C=C(c1ccc2ccc(C)cc2c1)c1cc(CCC)ccc1CC.CC.CC.Cc1ccc2ccc(Cc3ccc4cccc(-c5ccc6c(c5)C=CCC6)c4c3)cc2c1. The van der Waals surface area contributed by atoms with Crippen molar-refractivity contribution >= 4 is 44.0 Å². The van der Waals surface area contributed by atoms with Crippen LogP contribution in [-0.2, 0) is 25.7 Å². The summed E-state index contributed by atoms with van der Waals surface area (Å²) in [5.74, 6) is 0. The van der Waals surface area contributed by atoms with Crippen LogP contribution in [0.4, 0.5) is 0 Å². The summed E-state index contributed by atoms with van der Waals surface area (Å²) in [6, 6.07) is 54.3. The van der Waals surface area contributed by atoms with Crippen molar-refractivity contribution in [1.82, 2.24) is 0 Å². The van der Waals surface area contributed by atoms with Crippen LogP contribution in [0.2, 0.25) is 0 Å². The Balaban J connectivity index is 0.000000193. The largest absolute Gasteiger partial charge is 0.0905 e. The predicted molar refractivity (Wildman–Crippen MR) is 268 cm³/mol. The summed E-state index contributed by atoms with van der Waals surface area (Å²) in [5.41, 5.74) is 17.2. The molecule has 0 aromatic heterocycles. The van der Waals surface area contributed by atoms with Crippen LogP contribution in [-0.4, -0.2) is 0 Å². The van der Waals surface area contributed by atoms with Crippen molar-refractivity contribution < 1.29 is 0 Å². The zero-order valence-electron chi connectivity index (χ0n) is 37.5. The molecule has 8 aromatic carbocycles. The van der Waals surface area contributed by atoms with Crippen LogP contribution in [0.3, 0.4) is 0 Å². The summed E-state index contributed by atoms with van der Waals surface area (Å²) in [5, 5.41) is 7.84. The van der Waals surface area contributed by atoms with Crippen LogP contribution in [0, 0.1) is 13.8 Å². The number of hydrogen-bond donors (Lipinski definition) is 0. The third-order valence-electron chi connectivity index (χ3n) is 11.5. The van der Waals surface area contributed by atoms with Gasteiger partial charge in [-0.05, 0) is 152 Å². The minimum absolute atomic E-state index is 0.946. The quantitative estimate of drug-likeness (QED) is 0.144. The summed E-state index contributed by atoms with van der Waals surface area (Å²) in [7, 11) is 0. The Kier molecular flexibility index (Phi) is 15.1. The van der Waals surface area contributed by atoms with Gasteiger partial charge < -0.3 is 0 Å². The van der Waals surface area contributed by atoms with E-state index in [1.165, 1.54) is 105 Å². The maximum Gasteiger partial charge on any atom is -0.00253 e. The normalized spacial score (nSPS) is 11.5. The van der Waals surface area contributed by atoms with E-state index in [4.69, 9.17) is 0 Å². The highest BCUT2D eigenvalue weighted by molar-refractivity contribution is 5.97. The zero-order valence-corrected chi connectivity index (χ0v) is 37.5. The fraction of sp³-hybridized carbons (Fsp3) is 0.233. The van der Waals surface area contributed by atoms with Crippen molar-refractivity contribution in [1.29, 1.82) is 0 Å². The lowest BCUT2D eigenvalue weighted by atomic mass is 9.90. The van der Waals surface area contributed by atoms with Crippen molar-refractivity contribution in [2.24, 2.45) is 0 Å². The molecular formula is C60H64. The van der Waals surface area contributed by atoms with Gasteiger partial charge in [-0.25, -0.2) is 0 Å². The van der Waals surface area contributed by atoms with Crippen molar-refractivity contribution in [3.8, 4) is 11.1 Å². The van der Waals surface area contributed by atoms with Gasteiger partial charge in [0.25, 0.3) is 0 Å². The van der Waals surface area contributed by atoms with Gasteiger partial charge in [0, 0.05) is 0 Å². The lowest BCUT2D eigenvalue weighted by Gasteiger charge is -2.14. The molecule has 0 saturated heterocycles. The van der Waals surface area contributed by atoms with Gasteiger partial charge in [0.15, 0.2) is 0 Å². The highest BCUT2D eigenvalue weighted by atomic mass is 14.2. The maximum absolute atomic E-state index is 4.43. The number of hydrogen-bond acceptors (Lipinski definition) is 0. The third-order valence-corrected chi connectivity index (χ3v) is 11.5. The molecule has 0 spiro atoms. The van der Waals surface area contributed by atoms with Gasteiger partial charge in [0.1, 0.15) is 0 Å². The molecule has 0 aliphatic heterocycles. The minimum Gasteiger partial charge on any atom is -0.0905 e. The van der Waals surface area contributed by atoms with E-state index in [0.717, 1.165) is 37.7 Å². The van der Waals surface area contributed by atoms with Crippen molar-refractivity contribution in [2.75, 3.05) is 0 Å². The summed E-state index contributed by atoms with van der Waals surface area (Å²) in [6.07, 6.45) is 11.1. The molecule has 60 heavy (non-hydrogen) atoms. The first-order valence-corrected chi connectivity index (χ1v) is 22.5. The van der Waals surface area contributed by atoms with Crippen LogP contribution in [0.15, 0.2) is 158 Å². The molecule has 0 fully saturated rings.